The van der Waals surface area contributed by atoms with E-state index in [1.807, 2.05) is 0 Å². The molecule has 7 heavy (non-hydrogen) atoms. The van der Waals surface area contributed by atoms with E-state index in [1.165, 1.54) is 0 Å². The molecule has 1 saturated carbocycles. The Labute approximate surface area is 43.0 Å². The topological polar surface area (TPSA) is 66.9 Å². The molecule has 0 amide bonds. The van der Waals surface area contributed by atoms with Crippen molar-refractivity contribution in [1.29, 1.82) is 4.78 Å². The summed E-state index contributed by atoms with van der Waals surface area (Å²) < 4.78 is 17.1. The fraction of sp³-hybridized carbons (Fsp3) is 1.00. The van der Waals surface area contributed by atoms with Gasteiger partial charge in [0.15, 0.2) is 0 Å². The minimum Gasteiger partial charge on any atom is -0.245 e. The highest BCUT2D eigenvalue weighted by atomic mass is 32.2. The molecule has 3 N–H and O–H groups in total. The minimum absolute atomic E-state index is 0.0208. The van der Waals surface area contributed by atoms with Crippen molar-refractivity contribution in [3.05, 3.63) is 0 Å². The van der Waals surface area contributed by atoms with E-state index in [9.17, 15) is 4.21 Å². The molecular formula is C3H8N2OS. The zero-order valence-electron chi connectivity index (χ0n) is 3.89. The fourth-order valence-corrected chi connectivity index (χ4v) is 1.25. The first-order valence-electron chi connectivity index (χ1n) is 2.16. The number of nitrogens with two attached hydrogens (primary N) is 1. The van der Waals surface area contributed by atoms with Gasteiger partial charge in [-0.1, -0.05) is 0 Å². The summed E-state index contributed by atoms with van der Waals surface area (Å²) in [5, 5.41) is 4.96. The molecular weight excluding hydrogens is 112 g/mol. The highest BCUT2D eigenvalue weighted by Gasteiger charge is 2.29. The summed E-state index contributed by atoms with van der Waals surface area (Å²) in [5.41, 5.74) is 0. The van der Waals surface area contributed by atoms with E-state index in [-0.39, 0.29) is 5.25 Å². The Morgan fingerprint density at radius 3 is 2.14 bits per heavy atom. The molecule has 0 spiro atoms. The molecule has 0 bridgehead atoms. The summed E-state index contributed by atoms with van der Waals surface area (Å²) >= 11 is 0. The highest BCUT2D eigenvalue weighted by Crippen LogP contribution is 2.26. The molecule has 0 radical (unpaired) electrons. The maximum absolute atomic E-state index is 10.4. The Kier molecular flexibility index (Phi) is 0.864. The van der Waals surface area contributed by atoms with Gasteiger partial charge in [-0.25, -0.2) is 14.1 Å². The van der Waals surface area contributed by atoms with E-state index >= 15 is 0 Å². The van der Waals surface area contributed by atoms with Gasteiger partial charge in [0.25, 0.3) is 0 Å². The second-order valence-electron chi connectivity index (χ2n) is 1.85. The predicted octanol–water partition coefficient (Wildman–Crippen LogP) is 0.0693. The van der Waals surface area contributed by atoms with Crippen LogP contribution in [0.4, 0.5) is 0 Å². The minimum atomic E-state index is -2.63. The van der Waals surface area contributed by atoms with Crippen molar-refractivity contribution in [2.75, 3.05) is 0 Å². The summed E-state index contributed by atoms with van der Waals surface area (Å²) in [6, 6.07) is 0. The third-order valence-electron chi connectivity index (χ3n) is 1.02. The molecule has 4 heteroatoms. The van der Waals surface area contributed by atoms with Crippen molar-refractivity contribution in [3.63, 3.8) is 0 Å². The number of hydrogen-bond acceptors (Lipinski definition) is 2. The van der Waals surface area contributed by atoms with Gasteiger partial charge in [0, 0.05) is 0 Å². The van der Waals surface area contributed by atoms with Crippen LogP contribution in [0.25, 0.3) is 0 Å². The SMILES string of the molecule is N=S(N)(=O)C1CC1. The molecule has 1 fully saturated rings. The largest absolute Gasteiger partial charge is 0.245 e. The molecule has 1 unspecified atom stereocenters. The van der Waals surface area contributed by atoms with Gasteiger partial charge in [-0.15, -0.1) is 0 Å². The molecule has 0 aromatic rings. The Bertz CT molecular complexity index is 156. The van der Waals surface area contributed by atoms with Crippen LogP contribution in [0.5, 0.6) is 0 Å². The van der Waals surface area contributed by atoms with Crippen molar-refractivity contribution in [3.8, 4) is 0 Å². The van der Waals surface area contributed by atoms with Crippen LogP contribution in [0.1, 0.15) is 12.8 Å². The molecule has 0 aliphatic heterocycles. The number of rotatable bonds is 1. The molecule has 1 aliphatic carbocycles. The van der Waals surface area contributed by atoms with Gasteiger partial charge in [-0.05, 0) is 12.8 Å². The highest BCUT2D eigenvalue weighted by molar-refractivity contribution is 7.91. The first-order valence-corrected chi connectivity index (χ1v) is 3.84. The van der Waals surface area contributed by atoms with Gasteiger partial charge in [0.1, 0.15) is 9.92 Å². The van der Waals surface area contributed by atoms with Crippen LogP contribution in [0, 0.1) is 4.78 Å². The van der Waals surface area contributed by atoms with Gasteiger partial charge < -0.3 is 0 Å². The lowest BCUT2D eigenvalue weighted by molar-refractivity contribution is 0.675. The van der Waals surface area contributed by atoms with Gasteiger partial charge in [-0.3, -0.25) is 0 Å². The number of hydrogen-bond donors (Lipinski definition) is 2. The predicted molar refractivity (Wildman–Crippen MR) is 28.1 cm³/mol. The summed E-state index contributed by atoms with van der Waals surface area (Å²) in [6.07, 6.45) is 1.78. The smallest absolute Gasteiger partial charge is 0.105 e. The van der Waals surface area contributed by atoms with Crippen LogP contribution in [0.2, 0.25) is 0 Å². The van der Waals surface area contributed by atoms with E-state index in [1.54, 1.807) is 0 Å². The monoisotopic (exact) mass is 120 g/mol. The van der Waals surface area contributed by atoms with E-state index < -0.39 is 9.92 Å². The molecule has 3 nitrogen and oxygen atoms in total. The average Bonchev–Trinajstić information content (AvgIpc) is 1.99. The standard InChI is InChI=1S/C3H8N2OS/c4-7(5,6)3-1-2-3/h3H,1-2H2,(H3,4,5,6). The quantitative estimate of drug-likeness (QED) is 0.505. The van der Waals surface area contributed by atoms with Crippen molar-refractivity contribution in [2.45, 2.75) is 18.1 Å². The van der Waals surface area contributed by atoms with E-state index in [4.69, 9.17) is 9.92 Å². The Balaban J connectivity index is 2.71. The van der Waals surface area contributed by atoms with E-state index in [2.05, 4.69) is 0 Å². The molecule has 1 aliphatic rings. The lowest BCUT2D eigenvalue weighted by atomic mass is 11.0. The Hall–Kier alpha value is -0.0900. The summed E-state index contributed by atoms with van der Waals surface area (Å²) in [4.78, 5) is 0. The van der Waals surface area contributed by atoms with Gasteiger partial charge >= 0.3 is 0 Å². The lowest BCUT2D eigenvalue weighted by Gasteiger charge is -1.90. The normalized spacial score (nSPS) is 29.3. The van der Waals surface area contributed by atoms with Gasteiger partial charge in [0.05, 0.1) is 5.25 Å². The van der Waals surface area contributed by atoms with Crippen LogP contribution < -0.4 is 5.14 Å². The molecule has 1 rings (SSSR count). The maximum atomic E-state index is 10.4. The molecule has 42 valence electrons. The second kappa shape index (κ2) is 1.20. The van der Waals surface area contributed by atoms with E-state index in [0.717, 1.165) is 12.8 Å². The summed E-state index contributed by atoms with van der Waals surface area (Å²) in [5.74, 6) is 0. The molecule has 0 aromatic heterocycles. The van der Waals surface area contributed by atoms with E-state index in [0.29, 0.717) is 0 Å². The van der Waals surface area contributed by atoms with Gasteiger partial charge in [-0.2, -0.15) is 0 Å². The maximum Gasteiger partial charge on any atom is 0.105 e. The van der Waals surface area contributed by atoms with Crippen molar-refractivity contribution in [1.82, 2.24) is 0 Å². The molecule has 0 saturated heterocycles. The van der Waals surface area contributed by atoms with Crippen LogP contribution in [0.15, 0.2) is 0 Å². The average molecular weight is 120 g/mol. The molecule has 1 atom stereocenters. The van der Waals surface area contributed by atoms with Crippen molar-refractivity contribution in [2.24, 2.45) is 5.14 Å². The van der Waals surface area contributed by atoms with Crippen molar-refractivity contribution < 1.29 is 4.21 Å². The van der Waals surface area contributed by atoms with Crippen LogP contribution in [-0.2, 0) is 9.92 Å². The third kappa shape index (κ3) is 1.14. The first kappa shape index (κ1) is 5.05. The zero-order chi connectivity index (χ0) is 5.49. The summed E-state index contributed by atoms with van der Waals surface area (Å²) in [6.45, 7) is 0. The molecule has 0 aromatic carbocycles. The Morgan fingerprint density at radius 2 is 2.14 bits per heavy atom. The summed E-state index contributed by atoms with van der Waals surface area (Å²) in [7, 11) is -2.63. The van der Waals surface area contributed by atoms with Gasteiger partial charge in [0.2, 0.25) is 0 Å². The van der Waals surface area contributed by atoms with Crippen LogP contribution in [0.3, 0.4) is 0 Å². The Morgan fingerprint density at radius 1 is 1.71 bits per heavy atom. The van der Waals surface area contributed by atoms with Crippen LogP contribution in [-0.4, -0.2) is 9.46 Å². The first-order chi connectivity index (χ1) is 3.11. The third-order valence-corrected chi connectivity index (χ3v) is 2.48. The zero-order valence-corrected chi connectivity index (χ0v) is 4.70. The fourth-order valence-electron chi connectivity index (χ4n) is 0.418. The van der Waals surface area contributed by atoms with Crippen molar-refractivity contribution >= 4 is 9.92 Å². The number of nitrogens with one attached hydrogen (secondary N) is 1. The molecule has 0 heterocycles. The van der Waals surface area contributed by atoms with Crippen LogP contribution >= 0.6 is 0 Å². The lowest BCUT2D eigenvalue weighted by Crippen LogP contribution is -2.14. The second-order valence-corrected chi connectivity index (χ2v) is 3.81.